The topological polar surface area (TPSA) is 59.8 Å². The molecule has 1 N–H and O–H groups in total. The predicted molar refractivity (Wildman–Crippen MR) is 69.1 cm³/mol. The summed E-state index contributed by atoms with van der Waals surface area (Å²) in [4.78, 5) is 11.5. The number of carbonyl (C=O) groups excluding carboxylic acids is 1. The van der Waals surface area contributed by atoms with E-state index in [2.05, 4.69) is 22.4 Å². The molecule has 0 spiro atoms. The zero-order valence-corrected chi connectivity index (χ0v) is 11.5. The number of thioether (sulfide) groups is 1. The first-order valence-electron chi connectivity index (χ1n) is 5.98. The van der Waals surface area contributed by atoms with E-state index in [0.29, 0.717) is 5.75 Å². The average molecular weight is 256 g/mol. The van der Waals surface area contributed by atoms with Gasteiger partial charge >= 0.3 is 0 Å². The van der Waals surface area contributed by atoms with E-state index < -0.39 is 0 Å². The number of aryl methyl sites for hydroxylation is 1. The second-order valence-electron chi connectivity index (χ2n) is 3.77. The third kappa shape index (κ3) is 4.38. The number of nitrogens with one attached hydrogen (secondary N) is 1. The van der Waals surface area contributed by atoms with Crippen molar-refractivity contribution < 1.29 is 4.79 Å². The fraction of sp³-hybridized carbons (Fsp3) is 0.727. The number of nitrogens with zero attached hydrogens (tertiary/aromatic N) is 3. The van der Waals surface area contributed by atoms with Crippen molar-refractivity contribution in [2.24, 2.45) is 0 Å². The molecule has 0 fully saturated rings. The second-order valence-corrected chi connectivity index (χ2v) is 4.71. The van der Waals surface area contributed by atoms with Gasteiger partial charge in [0.15, 0.2) is 5.16 Å². The number of rotatable bonds is 7. The van der Waals surface area contributed by atoms with Crippen molar-refractivity contribution in [2.45, 2.75) is 45.3 Å². The molecule has 1 heterocycles. The molecule has 5 nitrogen and oxygen atoms in total. The maximum Gasteiger partial charge on any atom is 0.230 e. The normalized spacial score (nSPS) is 10.5. The summed E-state index contributed by atoms with van der Waals surface area (Å²) >= 11 is 1.44. The van der Waals surface area contributed by atoms with Gasteiger partial charge in [-0.15, -0.1) is 10.2 Å². The Hall–Kier alpha value is -1.04. The van der Waals surface area contributed by atoms with Gasteiger partial charge in [-0.25, -0.2) is 0 Å². The molecule has 0 radical (unpaired) electrons. The number of amides is 1. The van der Waals surface area contributed by atoms with Crippen LogP contribution in [0.4, 0.5) is 0 Å². The third-order valence-electron chi connectivity index (χ3n) is 2.40. The predicted octanol–water partition coefficient (Wildman–Crippen LogP) is 1.61. The monoisotopic (exact) mass is 256 g/mol. The molecule has 0 atom stereocenters. The van der Waals surface area contributed by atoms with Gasteiger partial charge in [0, 0.05) is 13.1 Å². The van der Waals surface area contributed by atoms with Gasteiger partial charge in [-0.05, 0) is 20.3 Å². The van der Waals surface area contributed by atoms with Crippen LogP contribution in [0.2, 0.25) is 0 Å². The minimum absolute atomic E-state index is 0.0618. The van der Waals surface area contributed by atoms with Crippen LogP contribution in [-0.2, 0) is 11.3 Å². The maximum atomic E-state index is 11.5. The summed E-state index contributed by atoms with van der Waals surface area (Å²) in [7, 11) is 0. The van der Waals surface area contributed by atoms with Crippen LogP contribution in [-0.4, -0.2) is 33.0 Å². The smallest absolute Gasteiger partial charge is 0.230 e. The lowest BCUT2D eigenvalue weighted by Crippen LogP contribution is -2.26. The summed E-state index contributed by atoms with van der Waals surface area (Å²) in [5, 5.41) is 11.7. The number of aromatic nitrogens is 3. The quantitative estimate of drug-likeness (QED) is 0.595. The number of hydrogen-bond acceptors (Lipinski definition) is 4. The van der Waals surface area contributed by atoms with E-state index in [9.17, 15) is 4.79 Å². The fourth-order valence-corrected chi connectivity index (χ4v) is 2.30. The first kappa shape index (κ1) is 14.0. The van der Waals surface area contributed by atoms with E-state index in [1.165, 1.54) is 11.8 Å². The summed E-state index contributed by atoms with van der Waals surface area (Å²) in [6, 6.07) is 0. The van der Waals surface area contributed by atoms with Crippen molar-refractivity contribution in [3.8, 4) is 0 Å². The van der Waals surface area contributed by atoms with E-state index >= 15 is 0 Å². The Morgan fingerprint density at radius 3 is 2.82 bits per heavy atom. The largest absolute Gasteiger partial charge is 0.355 e. The lowest BCUT2D eigenvalue weighted by Gasteiger charge is -2.05. The lowest BCUT2D eigenvalue weighted by atomic mass is 10.3. The van der Waals surface area contributed by atoms with Crippen LogP contribution in [0.5, 0.6) is 0 Å². The van der Waals surface area contributed by atoms with Crippen LogP contribution >= 0.6 is 11.8 Å². The molecule has 0 aromatic carbocycles. The molecule has 6 heteroatoms. The fourth-order valence-electron chi connectivity index (χ4n) is 1.42. The van der Waals surface area contributed by atoms with Gasteiger partial charge in [0.1, 0.15) is 5.82 Å². The molecule has 0 aliphatic carbocycles. The van der Waals surface area contributed by atoms with Gasteiger partial charge in [0.25, 0.3) is 0 Å². The molecule has 0 saturated carbocycles. The molecule has 0 aliphatic heterocycles. The molecule has 1 aromatic rings. The van der Waals surface area contributed by atoms with Crippen LogP contribution in [0.15, 0.2) is 5.16 Å². The highest BCUT2D eigenvalue weighted by atomic mass is 32.2. The molecule has 17 heavy (non-hydrogen) atoms. The highest BCUT2D eigenvalue weighted by molar-refractivity contribution is 7.99. The van der Waals surface area contributed by atoms with Crippen molar-refractivity contribution in [2.75, 3.05) is 12.3 Å². The SMILES string of the molecule is CCCCNC(=O)CSc1nnc(C)n1CC. The molecule has 1 rings (SSSR count). The van der Waals surface area contributed by atoms with Crippen molar-refractivity contribution in [3.63, 3.8) is 0 Å². The van der Waals surface area contributed by atoms with Gasteiger partial charge in [0.05, 0.1) is 5.75 Å². The Labute approximate surface area is 106 Å². The molecule has 0 bridgehead atoms. The van der Waals surface area contributed by atoms with Gasteiger partial charge < -0.3 is 9.88 Å². The van der Waals surface area contributed by atoms with Crippen LogP contribution in [0.25, 0.3) is 0 Å². The summed E-state index contributed by atoms with van der Waals surface area (Å²) in [5.41, 5.74) is 0. The number of carbonyl (C=O) groups is 1. The van der Waals surface area contributed by atoms with Gasteiger partial charge in [-0.1, -0.05) is 25.1 Å². The van der Waals surface area contributed by atoms with E-state index in [1.807, 2.05) is 18.4 Å². The van der Waals surface area contributed by atoms with Crippen LogP contribution < -0.4 is 5.32 Å². The first-order chi connectivity index (χ1) is 8.19. The zero-order chi connectivity index (χ0) is 12.7. The Morgan fingerprint density at radius 1 is 1.41 bits per heavy atom. The zero-order valence-electron chi connectivity index (χ0n) is 10.7. The van der Waals surface area contributed by atoms with Crippen molar-refractivity contribution in [3.05, 3.63) is 5.82 Å². The Balaban J connectivity index is 2.36. The van der Waals surface area contributed by atoms with Crippen molar-refractivity contribution in [1.82, 2.24) is 20.1 Å². The van der Waals surface area contributed by atoms with E-state index in [1.54, 1.807) is 0 Å². The van der Waals surface area contributed by atoms with E-state index in [4.69, 9.17) is 0 Å². The molecular weight excluding hydrogens is 236 g/mol. The molecule has 96 valence electrons. The molecule has 1 aromatic heterocycles. The Bertz CT molecular complexity index is 364. The van der Waals surface area contributed by atoms with Gasteiger partial charge in [-0.3, -0.25) is 4.79 Å². The van der Waals surface area contributed by atoms with Crippen molar-refractivity contribution in [1.29, 1.82) is 0 Å². The molecule has 0 saturated heterocycles. The lowest BCUT2D eigenvalue weighted by molar-refractivity contribution is -0.118. The third-order valence-corrected chi connectivity index (χ3v) is 3.37. The number of unbranched alkanes of at least 4 members (excludes halogenated alkanes) is 1. The maximum absolute atomic E-state index is 11.5. The molecule has 1 amide bonds. The molecular formula is C11H20N4OS. The van der Waals surface area contributed by atoms with Gasteiger partial charge in [-0.2, -0.15) is 0 Å². The molecule has 0 unspecified atom stereocenters. The summed E-state index contributed by atoms with van der Waals surface area (Å²) in [5.74, 6) is 1.36. The summed E-state index contributed by atoms with van der Waals surface area (Å²) in [6.07, 6.45) is 2.12. The Kier molecular flexibility index (Phi) is 6.04. The average Bonchev–Trinajstić information content (AvgIpc) is 2.67. The minimum Gasteiger partial charge on any atom is -0.355 e. The number of hydrogen-bond donors (Lipinski definition) is 1. The Morgan fingerprint density at radius 2 is 2.18 bits per heavy atom. The minimum atomic E-state index is 0.0618. The van der Waals surface area contributed by atoms with E-state index in [-0.39, 0.29) is 5.91 Å². The molecule has 0 aliphatic rings. The van der Waals surface area contributed by atoms with Crippen molar-refractivity contribution >= 4 is 17.7 Å². The second kappa shape index (κ2) is 7.32. The summed E-state index contributed by atoms with van der Waals surface area (Å²) in [6.45, 7) is 7.66. The van der Waals surface area contributed by atoms with Gasteiger partial charge in [0.2, 0.25) is 5.91 Å². The highest BCUT2D eigenvalue weighted by Crippen LogP contribution is 2.15. The van der Waals surface area contributed by atoms with Crippen LogP contribution in [0.1, 0.15) is 32.5 Å². The summed E-state index contributed by atoms with van der Waals surface area (Å²) < 4.78 is 2.00. The van der Waals surface area contributed by atoms with E-state index in [0.717, 1.165) is 36.9 Å². The van der Waals surface area contributed by atoms with Crippen LogP contribution in [0, 0.1) is 6.92 Å². The van der Waals surface area contributed by atoms with Crippen LogP contribution in [0.3, 0.4) is 0 Å². The standard InChI is InChI=1S/C11H20N4OS/c1-4-6-7-12-10(16)8-17-11-14-13-9(3)15(11)5-2/h4-8H2,1-3H3,(H,12,16). The first-order valence-corrected chi connectivity index (χ1v) is 6.96. The highest BCUT2D eigenvalue weighted by Gasteiger charge is 2.09.